The number of nitrogens with two attached hydrogens (primary N) is 1. The quantitative estimate of drug-likeness (QED) is 0.585. The Bertz CT molecular complexity index is 736. The zero-order valence-corrected chi connectivity index (χ0v) is 12.5. The van der Waals surface area contributed by atoms with Crippen LogP contribution in [0.15, 0.2) is 10.3 Å². The van der Waals surface area contributed by atoms with Crippen molar-refractivity contribution in [1.82, 2.24) is 4.31 Å². The molecule has 2 heterocycles. The third-order valence-corrected chi connectivity index (χ3v) is 7.72. The van der Waals surface area contributed by atoms with E-state index in [1.54, 1.807) is 0 Å². The van der Waals surface area contributed by atoms with E-state index in [4.69, 9.17) is 5.73 Å². The SMILES string of the molecule is Nc1sc(S(=O)(=O)N2CCS(=O)(=O)CC2)cc1[N+](=O)[O-]. The molecule has 0 radical (unpaired) electrons. The molecule has 0 aromatic carbocycles. The maximum Gasteiger partial charge on any atom is 0.304 e. The summed E-state index contributed by atoms with van der Waals surface area (Å²) in [6.45, 7) is -0.313. The molecule has 0 unspecified atom stereocenters. The second-order valence-corrected chi connectivity index (χ2v) is 9.68. The number of nitro groups is 1. The fourth-order valence-electron chi connectivity index (χ4n) is 1.71. The van der Waals surface area contributed by atoms with E-state index >= 15 is 0 Å². The Morgan fingerprint density at radius 2 is 1.90 bits per heavy atom. The molecule has 0 saturated carbocycles. The van der Waals surface area contributed by atoms with Crippen molar-refractivity contribution in [2.75, 3.05) is 30.3 Å². The Balaban J connectivity index is 2.32. The van der Waals surface area contributed by atoms with Gasteiger partial charge in [0.15, 0.2) is 14.8 Å². The number of thiophene rings is 1. The van der Waals surface area contributed by atoms with Gasteiger partial charge in [-0.3, -0.25) is 10.1 Å². The average Bonchev–Trinajstić information content (AvgIpc) is 2.71. The molecule has 0 spiro atoms. The van der Waals surface area contributed by atoms with Crippen LogP contribution in [0, 0.1) is 10.1 Å². The molecule has 12 heteroatoms. The van der Waals surface area contributed by atoms with Gasteiger partial charge in [-0.2, -0.15) is 4.31 Å². The first-order chi connectivity index (χ1) is 9.13. The Kier molecular flexibility index (Phi) is 3.75. The van der Waals surface area contributed by atoms with E-state index in [-0.39, 0.29) is 33.8 Å². The van der Waals surface area contributed by atoms with Gasteiger partial charge in [0, 0.05) is 19.2 Å². The van der Waals surface area contributed by atoms with E-state index in [1.807, 2.05) is 0 Å². The van der Waals surface area contributed by atoms with Crippen LogP contribution < -0.4 is 5.73 Å². The standard InChI is InChI=1S/C8H11N3O6S3/c9-8-6(11(12)13)5-7(18-8)20(16,17)10-1-3-19(14,15)4-2-10/h5H,1-4,9H2. The topological polar surface area (TPSA) is 141 Å². The first kappa shape index (κ1) is 15.2. The lowest BCUT2D eigenvalue weighted by Gasteiger charge is -2.25. The highest BCUT2D eigenvalue weighted by Gasteiger charge is 2.34. The third kappa shape index (κ3) is 2.77. The van der Waals surface area contributed by atoms with Crippen LogP contribution in [0.5, 0.6) is 0 Å². The van der Waals surface area contributed by atoms with Crippen molar-refractivity contribution in [1.29, 1.82) is 0 Å². The average molecular weight is 341 g/mol. The Labute approximate surface area is 119 Å². The van der Waals surface area contributed by atoms with Crippen LogP contribution in [0.2, 0.25) is 0 Å². The molecule has 1 aliphatic rings. The highest BCUT2D eigenvalue weighted by Crippen LogP contribution is 2.36. The number of rotatable bonds is 3. The summed E-state index contributed by atoms with van der Waals surface area (Å²) in [6.07, 6.45) is 0. The lowest BCUT2D eigenvalue weighted by Crippen LogP contribution is -2.43. The smallest absolute Gasteiger partial charge is 0.304 e. The highest BCUT2D eigenvalue weighted by molar-refractivity contribution is 7.92. The monoisotopic (exact) mass is 341 g/mol. The molecule has 2 N–H and O–H groups in total. The number of nitrogens with zero attached hydrogens (tertiary/aromatic N) is 2. The number of anilines is 1. The van der Waals surface area contributed by atoms with E-state index in [2.05, 4.69) is 0 Å². The second-order valence-electron chi connectivity index (χ2n) is 4.13. The highest BCUT2D eigenvalue weighted by atomic mass is 32.2. The molecule has 1 aliphatic heterocycles. The van der Waals surface area contributed by atoms with Crippen LogP contribution in [0.4, 0.5) is 10.7 Å². The van der Waals surface area contributed by atoms with Crippen LogP contribution in [0.1, 0.15) is 0 Å². The van der Waals surface area contributed by atoms with Gasteiger partial charge in [0.05, 0.1) is 16.4 Å². The van der Waals surface area contributed by atoms with Crippen molar-refractivity contribution in [3.63, 3.8) is 0 Å². The van der Waals surface area contributed by atoms with E-state index in [0.29, 0.717) is 11.3 Å². The summed E-state index contributed by atoms with van der Waals surface area (Å²) in [4.78, 5) is 9.91. The minimum atomic E-state index is -3.94. The summed E-state index contributed by atoms with van der Waals surface area (Å²) >= 11 is 0.600. The van der Waals surface area contributed by atoms with Crippen molar-refractivity contribution in [2.45, 2.75) is 4.21 Å². The molecule has 0 atom stereocenters. The van der Waals surface area contributed by atoms with E-state index in [9.17, 15) is 26.9 Å². The van der Waals surface area contributed by atoms with Crippen LogP contribution >= 0.6 is 11.3 Å². The van der Waals surface area contributed by atoms with Gasteiger partial charge in [-0.05, 0) is 0 Å². The predicted octanol–water partition coefficient (Wildman–Crippen LogP) is -0.342. The molecular weight excluding hydrogens is 330 g/mol. The number of nitrogen functional groups attached to an aromatic ring is 1. The lowest BCUT2D eigenvalue weighted by molar-refractivity contribution is -0.383. The molecule has 0 bridgehead atoms. The van der Waals surface area contributed by atoms with Crippen molar-refractivity contribution < 1.29 is 21.8 Å². The van der Waals surface area contributed by atoms with E-state index < -0.39 is 30.5 Å². The fraction of sp³-hybridized carbons (Fsp3) is 0.500. The molecule has 9 nitrogen and oxygen atoms in total. The summed E-state index contributed by atoms with van der Waals surface area (Å²) in [5.41, 5.74) is 4.95. The van der Waals surface area contributed by atoms with Crippen molar-refractivity contribution in [2.24, 2.45) is 0 Å². The van der Waals surface area contributed by atoms with Gasteiger partial charge in [-0.1, -0.05) is 11.3 Å². The van der Waals surface area contributed by atoms with E-state index in [1.165, 1.54) is 0 Å². The van der Waals surface area contributed by atoms with Crippen molar-refractivity contribution in [3.8, 4) is 0 Å². The molecular formula is C8H11N3O6S3. The third-order valence-electron chi connectivity index (χ3n) is 2.81. The summed E-state index contributed by atoms with van der Waals surface area (Å²) in [6, 6.07) is 0.901. The first-order valence-corrected chi connectivity index (χ1v) is 9.45. The minimum absolute atomic E-state index is 0.156. The van der Waals surface area contributed by atoms with Crippen molar-refractivity contribution in [3.05, 3.63) is 16.2 Å². The Morgan fingerprint density at radius 1 is 1.35 bits per heavy atom. The Hall–Kier alpha value is -1.24. The predicted molar refractivity (Wildman–Crippen MR) is 72.8 cm³/mol. The molecule has 1 saturated heterocycles. The molecule has 0 aliphatic carbocycles. The second kappa shape index (κ2) is 4.95. The molecule has 112 valence electrons. The molecule has 1 fully saturated rings. The molecule has 0 amide bonds. The van der Waals surface area contributed by atoms with Crippen LogP contribution in [-0.4, -0.2) is 50.7 Å². The number of hydrogen-bond acceptors (Lipinski definition) is 8. The summed E-state index contributed by atoms with van der Waals surface area (Å²) in [7, 11) is -7.15. The number of sulfone groups is 1. The van der Waals surface area contributed by atoms with Gasteiger partial charge >= 0.3 is 5.69 Å². The maximum absolute atomic E-state index is 12.2. The van der Waals surface area contributed by atoms with Gasteiger partial charge in [-0.25, -0.2) is 16.8 Å². The Morgan fingerprint density at radius 3 is 2.35 bits per heavy atom. The largest absolute Gasteiger partial charge is 0.385 e. The van der Waals surface area contributed by atoms with Crippen molar-refractivity contribution >= 4 is 41.9 Å². The van der Waals surface area contributed by atoms with Crippen LogP contribution in [0.25, 0.3) is 0 Å². The maximum atomic E-state index is 12.2. The minimum Gasteiger partial charge on any atom is -0.385 e. The molecule has 20 heavy (non-hydrogen) atoms. The summed E-state index contributed by atoms with van der Waals surface area (Å²) < 4.78 is 47.8. The normalized spacial score (nSPS) is 19.8. The number of sulfonamides is 1. The number of hydrogen-bond donors (Lipinski definition) is 1. The first-order valence-electron chi connectivity index (χ1n) is 5.38. The van der Waals surface area contributed by atoms with Crippen LogP contribution in [0.3, 0.4) is 0 Å². The van der Waals surface area contributed by atoms with Gasteiger partial charge < -0.3 is 5.73 Å². The lowest BCUT2D eigenvalue weighted by atomic mass is 10.5. The van der Waals surface area contributed by atoms with Gasteiger partial charge in [-0.15, -0.1) is 0 Å². The summed E-state index contributed by atoms with van der Waals surface area (Å²) in [5, 5.41) is 10.5. The van der Waals surface area contributed by atoms with Gasteiger partial charge in [0.2, 0.25) is 0 Å². The van der Waals surface area contributed by atoms with Gasteiger partial charge in [0.25, 0.3) is 10.0 Å². The molecule has 1 aromatic heterocycles. The molecule has 1 aromatic rings. The fourth-order valence-corrected chi connectivity index (χ4v) is 5.95. The zero-order valence-electron chi connectivity index (χ0n) is 10.1. The van der Waals surface area contributed by atoms with E-state index in [0.717, 1.165) is 10.4 Å². The van der Waals surface area contributed by atoms with Gasteiger partial charge in [0.1, 0.15) is 4.21 Å². The zero-order chi connectivity index (χ0) is 15.1. The summed E-state index contributed by atoms with van der Waals surface area (Å²) in [5.74, 6) is -0.510. The molecule has 2 rings (SSSR count). The van der Waals surface area contributed by atoms with Crippen LogP contribution in [-0.2, 0) is 19.9 Å².